The van der Waals surface area contributed by atoms with Crippen LogP contribution in [0.4, 0.5) is 0 Å². The van der Waals surface area contributed by atoms with Gasteiger partial charge in [0.05, 0.1) is 35.1 Å². The third-order valence-electron chi connectivity index (χ3n) is 9.36. The Balaban J connectivity index is 0.888. The molecule has 2 aliphatic heterocycles. The van der Waals surface area contributed by atoms with Crippen molar-refractivity contribution in [2.24, 2.45) is 0 Å². The minimum atomic E-state index is -0.242. The van der Waals surface area contributed by atoms with E-state index in [2.05, 4.69) is 32.4 Å². The molecule has 0 atom stereocenters. The Labute approximate surface area is 284 Å². The number of rotatable bonds is 8. The fourth-order valence-corrected chi connectivity index (χ4v) is 6.54. The van der Waals surface area contributed by atoms with Gasteiger partial charge in [-0.15, -0.1) is 0 Å². The van der Waals surface area contributed by atoms with Crippen molar-refractivity contribution in [2.45, 2.75) is 32.0 Å². The monoisotopic (exact) mass is 652 g/mol. The fourth-order valence-electron chi connectivity index (χ4n) is 6.54. The number of nitrogens with one attached hydrogen (secondary N) is 1. The number of hydrogen-bond donors (Lipinski definition) is 1. The molecule has 7 rings (SSSR count). The Kier molecular flexibility index (Phi) is 9.20. The molecule has 0 spiro atoms. The van der Waals surface area contributed by atoms with Crippen molar-refractivity contribution in [3.05, 3.63) is 119 Å². The third-order valence-corrected chi connectivity index (χ3v) is 9.36. The number of likely N-dealkylation sites (tertiary alicyclic amines) is 1. The van der Waals surface area contributed by atoms with Gasteiger partial charge < -0.3 is 14.6 Å². The number of piperazine rings is 1. The molecule has 2 fully saturated rings. The highest BCUT2D eigenvalue weighted by atomic mass is 16.3. The molecule has 2 aromatic heterocycles. The summed E-state index contributed by atoms with van der Waals surface area (Å²) in [5.41, 5.74) is 5.58. The molecule has 3 aromatic carbocycles. The molecule has 0 unspecified atom stereocenters. The lowest BCUT2D eigenvalue weighted by Gasteiger charge is -2.34. The maximum Gasteiger partial charge on any atom is 0.287 e. The van der Waals surface area contributed by atoms with E-state index in [-0.39, 0.29) is 23.6 Å². The average molecular weight is 653 g/mol. The van der Waals surface area contributed by atoms with Crippen molar-refractivity contribution in [1.29, 1.82) is 10.5 Å². The molecule has 11 nitrogen and oxygen atoms in total. The smallest absolute Gasteiger partial charge is 0.287 e. The maximum absolute atomic E-state index is 13.4. The number of hydrogen-bond acceptors (Lipinski definition) is 8. The molecule has 0 aliphatic carbocycles. The SMILES string of the molecule is N#Cc1ccc(CN2CCC(NC(=O)c3cc4cc(C(=O)N5CCN(Cc6cnn(-c7ccc(C#N)cc7)c6)CC5)ccc4o3)CC2)cc1. The van der Waals surface area contributed by atoms with E-state index in [1.54, 1.807) is 30.3 Å². The summed E-state index contributed by atoms with van der Waals surface area (Å²) >= 11 is 0. The van der Waals surface area contributed by atoms with Crippen LogP contribution in [0.15, 0.2) is 89.6 Å². The van der Waals surface area contributed by atoms with E-state index in [9.17, 15) is 9.59 Å². The van der Waals surface area contributed by atoms with Crippen LogP contribution in [0.3, 0.4) is 0 Å². The first-order valence-electron chi connectivity index (χ1n) is 16.6. The lowest BCUT2D eigenvalue weighted by atomic mass is 10.0. The molecule has 2 aliphatic rings. The Morgan fingerprint density at radius 2 is 1.45 bits per heavy atom. The van der Waals surface area contributed by atoms with Crippen molar-refractivity contribution in [2.75, 3.05) is 39.3 Å². The molecular formula is C38H36N8O3. The number of aromatic nitrogens is 2. The summed E-state index contributed by atoms with van der Waals surface area (Å²) in [5.74, 6) is -0.0286. The third kappa shape index (κ3) is 7.39. The highest BCUT2D eigenvalue weighted by Crippen LogP contribution is 2.23. The van der Waals surface area contributed by atoms with Crippen molar-refractivity contribution in [3.63, 3.8) is 0 Å². The standard InChI is InChI=1S/C38H36N8O3/c39-21-27-1-3-29(4-2-27)24-43-13-11-33(12-14-43)42-37(47)36-20-32-19-31(7-10-35(32)49-36)38(48)45-17-15-44(16-18-45)25-30-23-41-46(26-30)34-8-5-28(22-40)6-9-34/h1-10,19-20,23,26,33H,11-18,24-25H2,(H,42,47). The van der Waals surface area contributed by atoms with Gasteiger partial charge in [0.15, 0.2) is 5.76 Å². The van der Waals surface area contributed by atoms with Gasteiger partial charge in [0, 0.05) is 81.1 Å². The van der Waals surface area contributed by atoms with Crippen molar-refractivity contribution in [1.82, 2.24) is 29.8 Å². The quantitative estimate of drug-likeness (QED) is 0.255. The fraction of sp³-hybridized carbons (Fsp3) is 0.289. The Morgan fingerprint density at radius 1 is 0.796 bits per heavy atom. The number of carbonyl (C=O) groups is 2. The van der Waals surface area contributed by atoms with Gasteiger partial charge in [-0.25, -0.2) is 4.68 Å². The van der Waals surface area contributed by atoms with Crippen LogP contribution < -0.4 is 5.32 Å². The highest BCUT2D eigenvalue weighted by Gasteiger charge is 2.25. The summed E-state index contributed by atoms with van der Waals surface area (Å²) in [6.07, 6.45) is 5.54. The van der Waals surface area contributed by atoms with Gasteiger partial charge in [-0.05, 0) is 79.1 Å². The van der Waals surface area contributed by atoms with Crippen molar-refractivity contribution < 1.29 is 14.0 Å². The van der Waals surface area contributed by atoms with E-state index in [4.69, 9.17) is 14.9 Å². The van der Waals surface area contributed by atoms with E-state index in [0.717, 1.165) is 68.7 Å². The Morgan fingerprint density at radius 3 is 2.14 bits per heavy atom. The summed E-state index contributed by atoms with van der Waals surface area (Å²) in [4.78, 5) is 33.1. The number of amides is 2. The lowest BCUT2D eigenvalue weighted by Crippen LogP contribution is -2.48. The number of nitriles is 2. The Hall–Kier alpha value is -5.75. The first kappa shape index (κ1) is 31.8. The molecule has 0 bridgehead atoms. The topological polar surface area (TPSA) is 134 Å². The molecule has 0 radical (unpaired) electrons. The van der Waals surface area contributed by atoms with E-state index in [1.165, 1.54) is 5.56 Å². The van der Waals surface area contributed by atoms with Crippen LogP contribution in [0.5, 0.6) is 0 Å². The molecule has 4 heterocycles. The van der Waals surface area contributed by atoms with Gasteiger partial charge in [-0.3, -0.25) is 19.4 Å². The molecular weight excluding hydrogens is 616 g/mol. The second kappa shape index (κ2) is 14.2. The van der Waals surface area contributed by atoms with Crippen LogP contribution in [0, 0.1) is 22.7 Å². The lowest BCUT2D eigenvalue weighted by molar-refractivity contribution is 0.0628. The van der Waals surface area contributed by atoms with Gasteiger partial charge in [-0.1, -0.05) is 12.1 Å². The van der Waals surface area contributed by atoms with E-state index >= 15 is 0 Å². The number of nitrogens with zero attached hydrogens (tertiary/aromatic N) is 7. The largest absolute Gasteiger partial charge is 0.451 e. The second-order valence-corrected chi connectivity index (χ2v) is 12.7. The van der Waals surface area contributed by atoms with Gasteiger partial charge in [0.25, 0.3) is 11.8 Å². The summed E-state index contributed by atoms with van der Waals surface area (Å²) in [5, 5.41) is 26.4. The van der Waals surface area contributed by atoms with Gasteiger partial charge in [-0.2, -0.15) is 15.6 Å². The van der Waals surface area contributed by atoms with E-state index < -0.39 is 0 Å². The highest BCUT2D eigenvalue weighted by molar-refractivity contribution is 6.00. The molecule has 1 N–H and O–H groups in total. The number of benzene rings is 3. The van der Waals surface area contributed by atoms with Crippen molar-refractivity contribution >= 4 is 22.8 Å². The molecule has 2 saturated heterocycles. The summed E-state index contributed by atoms with van der Waals surface area (Å²) < 4.78 is 7.69. The Bertz CT molecular complexity index is 2040. The minimum absolute atomic E-state index is 0.0323. The van der Waals surface area contributed by atoms with Crippen molar-refractivity contribution in [3.8, 4) is 17.8 Å². The van der Waals surface area contributed by atoms with E-state index in [0.29, 0.717) is 35.4 Å². The molecule has 5 aromatic rings. The maximum atomic E-state index is 13.4. The number of piperidine rings is 1. The number of fused-ring (bicyclic) bond motifs is 1. The second-order valence-electron chi connectivity index (χ2n) is 12.7. The number of furan rings is 1. The van der Waals surface area contributed by atoms with Crippen LogP contribution in [-0.2, 0) is 13.1 Å². The van der Waals surface area contributed by atoms with Gasteiger partial charge >= 0.3 is 0 Å². The van der Waals surface area contributed by atoms with Crippen LogP contribution in [0.1, 0.15) is 56.0 Å². The van der Waals surface area contributed by atoms with Gasteiger partial charge in [0.2, 0.25) is 0 Å². The zero-order valence-electron chi connectivity index (χ0n) is 27.1. The van der Waals surface area contributed by atoms with Crippen LogP contribution >= 0.6 is 0 Å². The molecule has 49 heavy (non-hydrogen) atoms. The molecule has 0 saturated carbocycles. The van der Waals surface area contributed by atoms with Crippen LogP contribution in [0.25, 0.3) is 16.7 Å². The zero-order chi connectivity index (χ0) is 33.7. The average Bonchev–Trinajstić information content (AvgIpc) is 3.80. The molecule has 11 heteroatoms. The first-order valence-corrected chi connectivity index (χ1v) is 16.6. The summed E-state index contributed by atoms with van der Waals surface area (Å²) in [7, 11) is 0. The number of carbonyl (C=O) groups excluding carboxylic acids is 2. The zero-order valence-corrected chi connectivity index (χ0v) is 27.1. The van der Waals surface area contributed by atoms with Crippen LogP contribution in [-0.4, -0.2) is 81.6 Å². The van der Waals surface area contributed by atoms with Crippen LogP contribution in [0.2, 0.25) is 0 Å². The normalized spacial score (nSPS) is 15.9. The summed E-state index contributed by atoms with van der Waals surface area (Å²) in [6, 6.07) is 26.4. The minimum Gasteiger partial charge on any atom is -0.451 e. The first-order chi connectivity index (χ1) is 23.9. The predicted octanol–water partition coefficient (Wildman–Crippen LogP) is 4.71. The molecule has 2 amide bonds. The summed E-state index contributed by atoms with van der Waals surface area (Å²) in [6.45, 7) is 6.03. The predicted molar refractivity (Wildman–Crippen MR) is 183 cm³/mol. The molecule has 246 valence electrons. The van der Waals surface area contributed by atoms with Gasteiger partial charge in [0.1, 0.15) is 5.58 Å². The van der Waals surface area contributed by atoms with E-state index in [1.807, 2.05) is 64.4 Å².